The van der Waals surface area contributed by atoms with Crippen LogP contribution in [-0.4, -0.2) is 75.4 Å². The lowest BCUT2D eigenvalue weighted by Crippen LogP contribution is -3.15. The second kappa shape index (κ2) is 10.4. The van der Waals surface area contributed by atoms with E-state index in [1.54, 1.807) is 31.4 Å². The molecule has 0 unspecified atom stereocenters. The standard InChI is InChI=1S/C21H35N3O4S/c1-6-17(3)24(18(4)7-2)21(25)16-22-12-14-23(15-13-22)29(26,27)20-10-8-19(28-5)9-11-20/h8-11,17-18H,6-7,12-16H2,1-5H3/p+1/t17-,18+. The third kappa shape index (κ3) is 5.71. The molecule has 8 heteroatoms. The fourth-order valence-corrected chi connectivity index (χ4v) is 5.18. The summed E-state index contributed by atoms with van der Waals surface area (Å²) in [5, 5.41) is 0. The molecule has 1 fully saturated rings. The molecule has 1 heterocycles. The smallest absolute Gasteiger partial charge is 0.278 e. The topological polar surface area (TPSA) is 71.4 Å². The van der Waals surface area contributed by atoms with Crippen molar-refractivity contribution in [2.45, 2.75) is 57.5 Å². The van der Waals surface area contributed by atoms with Crippen molar-refractivity contribution < 1.29 is 22.8 Å². The Balaban J connectivity index is 1.97. The number of benzene rings is 1. The predicted molar refractivity (Wildman–Crippen MR) is 114 cm³/mol. The van der Waals surface area contributed by atoms with E-state index in [0.717, 1.165) is 17.7 Å². The first-order valence-electron chi connectivity index (χ1n) is 10.5. The molecule has 164 valence electrons. The maximum absolute atomic E-state index is 12.9. The van der Waals surface area contributed by atoms with Crippen LogP contribution in [0.4, 0.5) is 0 Å². The van der Waals surface area contributed by atoms with Gasteiger partial charge in [0.25, 0.3) is 5.91 Å². The molecule has 1 amide bonds. The predicted octanol–water partition coefficient (Wildman–Crippen LogP) is 1.01. The highest BCUT2D eigenvalue weighted by Gasteiger charge is 2.33. The van der Waals surface area contributed by atoms with Gasteiger partial charge in [0, 0.05) is 12.1 Å². The zero-order chi connectivity index (χ0) is 21.6. The molecule has 0 radical (unpaired) electrons. The van der Waals surface area contributed by atoms with E-state index in [-0.39, 0.29) is 22.9 Å². The summed E-state index contributed by atoms with van der Waals surface area (Å²) in [7, 11) is -1.97. The van der Waals surface area contributed by atoms with Crippen molar-refractivity contribution in [3.05, 3.63) is 24.3 Å². The van der Waals surface area contributed by atoms with E-state index < -0.39 is 10.0 Å². The number of rotatable bonds is 9. The maximum atomic E-state index is 12.9. The summed E-state index contributed by atoms with van der Waals surface area (Å²) in [5.41, 5.74) is 0. The summed E-state index contributed by atoms with van der Waals surface area (Å²) < 4.78 is 32.4. The van der Waals surface area contributed by atoms with E-state index in [2.05, 4.69) is 27.7 Å². The Bertz CT molecular complexity index is 749. The highest BCUT2D eigenvalue weighted by molar-refractivity contribution is 7.89. The van der Waals surface area contributed by atoms with Gasteiger partial charge in [-0.3, -0.25) is 4.79 Å². The van der Waals surface area contributed by atoms with Crippen molar-refractivity contribution in [2.75, 3.05) is 39.8 Å². The number of methoxy groups -OCH3 is 1. The van der Waals surface area contributed by atoms with Crippen LogP contribution in [0.15, 0.2) is 29.2 Å². The van der Waals surface area contributed by atoms with E-state index in [9.17, 15) is 13.2 Å². The van der Waals surface area contributed by atoms with Gasteiger partial charge in [-0.1, -0.05) is 13.8 Å². The lowest BCUT2D eigenvalue weighted by Gasteiger charge is -2.36. The molecule has 2 atom stereocenters. The van der Waals surface area contributed by atoms with Crippen LogP contribution in [0.1, 0.15) is 40.5 Å². The first kappa shape index (κ1) is 23.6. The lowest BCUT2D eigenvalue weighted by molar-refractivity contribution is -0.896. The summed E-state index contributed by atoms with van der Waals surface area (Å²) in [6.07, 6.45) is 1.86. The summed E-state index contributed by atoms with van der Waals surface area (Å²) >= 11 is 0. The van der Waals surface area contributed by atoms with Gasteiger partial charge in [0.15, 0.2) is 6.54 Å². The quantitative estimate of drug-likeness (QED) is 0.640. The van der Waals surface area contributed by atoms with Crippen molar-refractivity contribution >= 4 is 15.9 Å². The number of carbonyl (C=O) groups excluding carboxylic acids is 1. The number of quaternary nitrogens is 1. The van der Waals surface area contributed by atoms with Gasteiger partial charge in [-0.2, -0.15) is 4.31 Å². The minimum Gasteiger partial charge on any atom is -0.497 e. The van der Waals surface area contributed by atoms with E-state index >= 15 is 0 Å². The van der Waals surface area contributed by atoms with Crippen molar-refractivity contribution in [1.29, 1.82) is 0 Å². The molecule has 0 bridgehead atoms. The average molecular weight is 427 g/mol. The second-order valence-corrected chi connectivity index (χ2v) is 9.76. The fourth-order valence-electron chi connectivity index (χ4n) is 3.74. The number of nitrogens with zero attached hydrogens (tertiary/aromatic N) is 2. The van der Waals surface area contributed by atoms with Gasteiger partial charge in [0.05, 0.1) is 38.2 Å². The largest absolute Gasteiger partial charge is 0.497 e. The molecule has 0 aromatic heterocycles. The Morgan fingerprint density at radius 3 is 2.07 bits per heavy atom. The molecule has 7 nitrogen and oxygen atoms in total. The molecular formula is C21H36N3O4S+. The van der Waals surface area contributed by atoms with Crippen molar-refractivity contribution in [1.82, 2.24) is 9.21 Å². The maximum Gasteiger partial charge on any atom is 0.278 e. The van der Waals surface area contributed by atoms with E-state index in [4.69, 9.17) is 4.74 Å². The molecular weight excluding hydrogens is 390 g/mol. The van der Waals surface area contributed by atoms with Crippen molar-refractivity contribution in [3.8, 4) is 5.75 Å². The molecule has 1 aliphatic rings. The van der Waals surface area contributed by atoms with E-state index in [1.807, 2.05) is 4.90 Å². The molecule has 1 aromatic carbocycles. The van der Waals surface area contributed by atoms with Gasteiger partial charge in [-0.15, -0.1) is 0 Å². The SMILES string of the molecule is CC[C@@H](C)N(C(=O)C[NH+]1CCN(S(=O)(=O)c2ccc(OC)cc2)CC1)[C@@H](C)CC. The molecule has 0 saturated carbocycles. The van der Waals surface area contributed by atoms with Crippen molar-refractivity contribution in [3.63, 3.8) is 0 Å². The molecule has 1 aliphatic heterocycles. The van der Waals surface area contributed by atoms with Crippen LogP contribution in [0.2, 0.25) is 0 Å². The van der Waals surface area contributed by atoms with Gasteiger partial charge < -0.3 is 14.5 Å². The normalized spacial score (nSPS) is 18.2. The zero-order valence-electron chi connectivity index (χ0n) is 18.3. The molecule has 1 N–H and O–H groups in total. The molecule has 1 saturated heterocycles. The third-order valence-corrected chi connectivity index (χ3v) is 7.86. The number of piperazine rings is 1. The minimum atomic E-state index is -3.52. The van der Waals surface area contributed by atoms with Gasteiger partial charge >= 0.3 is 0 Å². The second-order valence-electron chi connectivity index (χ2n) is 7.82. The fraction of sp³-hybridized carbons (Fsp3) is 0.667. The minimum absolute atomic E-state index is 0.162. The highest BCUT2D eigenvalue weighted by atomic mass is 32.2. The molecule has 0 aliphatic carbocycles. The van der Waals surface area contributed by atoms with Crippen LogP contribution in [0.5, 0.6) is 5.75 Å². The van der Waals surface area contributed by atoms with Gasteiger partial charge in [0.2, 0.25) is 10.0 Å². The van der Waals surface area contributed by atoms with Crippen LogP contribution in [0.25, 0.3) is 0 Å². The van der Waals surface area contributed by atoms with Crippen LogP contribution < -0.4 is 9.64 Å². The van der Waals surface area contributed by atoms with E-state index in [0.29, 0.717) is 38.5 Å². The lowest BCUT2D eigenvalue weighted by atomic mass is 10.1. The van der Waals surface area contributed by atoms with Crippen LogP contribution >= 0.6 is 0 Å². The van der Waals surface area contributed by atoms with Gasteiger partial charge in [-0.05, 0) is 51.0 Å². The third-order valence-electron chi connectivity index (χ3n) is 5.95. The number of nitrogens with one attached hydrogen (secondary N) is 1. The monoisotopic (exact) mass is 426 g/mol. The number of amides is 1. The summed E-state index contributed by atoms with van der Waals surface area (Å²) in [6, 6.07) is 6.90. The number of hydrogen-bond donors (Lipinski definition) is 1. The first-order valence-corrected chi connectivity index (χ1v) is 12.0. The Hall–Kier alpha value is -1.64. The van der Waals surface area contributed by atoms with Crippen LogP contribution in [0, 0.1) is 0 Å². The van der Waals surface area contributed by atoms with E-state index in [1.165, 1.54) is 4.31 Å². The first-order chi connectivity index (χ1) is 13.7. The molecule has 0 spiro atoms. The number of carbonyl (C=O) groups is 1. The highest BCUT2D eigenvalue weighted by Crippen LogP contribution is 2.19. The molecule has 2 rings (SSSR count). The summed E-state index contributed by atoms with van der Waals surface area (Å²) in [4.78, 5) is 16.4. The Morgan fingerprint density at radius 1 is 1.10 bits per heavy atom. The number of hydrogen-bond acceptors (Lipinski definition) is 4. The Labute approximate surface area is 175 Å². The zero-order valence-corrected chi connectivity index (χ0v) is 19.2. The van der Waals surface area contributed by atoms with Gasteiger partial charge in [0.1, 0.15) is 5.75 Å². The summed E-state index contributed by atoms with van der Waals surface area (Å²) in [5.74, 6) is 0.791. The molecule has 29 heavy (non-hydrogen) atoms. The number of sulfonamides is 1. The Kier molecular flexibility index (Phi) is 8.48. The molecule has 1 aromatic rings. The average Bonchev–Trinajstić information content (AvgIpc) is 2.73. The number of ether oxygens (including phenoxy) is 1. The van der Waals surface area contributed by atoms with Crippen LogP contribution in [-0.2, 0) is 14.8 Å². The van der Waals surface area contributed by atoms with Crippen molar-refractivity contribution in [2.24, 2.45) is 0 Å². The Morgan fingerprint density at radius 2 is 1.62 bits per heavy atom. The van der Waals surface area contributed by atoms with Gasteiger partial charge in [-0.25, -0.2) is 8.42 Å². The summed E-state index contributed by atoms with van der Waals surface area (Å²) in [6.45, 7) is 10.9. The van der Waals surface area contributed by atoms with Crippen LogP contribution in [0.3, 0.4) is 0 Å².